The van der Waals surface area contributed by atoms with Gasteiger partial charge in [-0.05, 0) is 55.0 Å². The molecule has 1 saturated carbocycles. The number of hydrogen-bond donors (Lipinski definition) is 1. The molecule has 2 aromatic carbocycles. The minimum absolute atomic E-state index is 0.635. The normalized spacial score (nSPS) is 14.8. The molecule has 4 rings (SSSR count). The van der Waals surface area contributed by atoms with Crippen molar-refractivity contribution >= 4 is 16.8 Å². The molecule has 1 heterocycles. The van der Waals surface area contributed by atoms with E-state index in [0.29, 0.717) is 5.89 Å². The van der Waals surface area contributed by atoms with E-state index in [1.54, 1.807) is 0 Å². The molecule has 2 N–H and O–H groups in total. The van der Waals surface area contributed by atoms with Crippen LogP contribution in [0, 0.1) is 5.92 Å². The van der Waals surface area contributed by atoms with Crippen molar-refractivity contribution in [3.63, 3.8) is 0 Å². The number of rotatable bonds is 3. The third-order valence-corrected chi connectivity index (χ3v) is 3.89. The second-order valence-electron chi connectivity index (χ2n) is 5.55. The van der Waals surface area contributed by atoms with Gasteiger partial charge in [-0.25, -0.2) is 4.98 Å². The molecule has 1 aliphatic carbocycles. The highest BCUT2D eigenvalue weighted by Gasteiger charge is 2.22. The zero-order valence-electron chi connectivity index (χ0n) is 11.2. The van der Waals surface area contributed by atoms with Gasteiger partial charge in [-0.2, -0.15) is 0 Å². The number of benzene rings is 2. The van der Waals surface area contributed by atoms with E-state index in [0.717, 1.165) is 34.7 Å². The number of nitrogens with zero attached hydrogens (tertiary/aromatic N) is 1. The first-order valence-electron chi connectivity index (χ1n) is 7.04. The zero-order chi connectivity index (χ0) is 13.5. The van der Waals surface area contributed by atoms with Gasteiger partial charge in [0.25, 0.3) is 0 Å². The number of nitrogen functional groups attached to an aromatic ring is 1. The third kappa shape index (κ3) is 2.05. The van der Waals surface area contributed by atoms with Gasteiger partial charge in [0, 0.05) is 11.3 Å². The van der Waals surface area contributed by atoms with Crippen molar-refractivity contribution in [2.45, 2.75) is 19.3 Å². The average molecular weight is 264 g/mol. The summed E-state index contributed by atoms with van der Waals surface area (Å²) < 4.78 is 5.78. The second kappa shape index (κ2) is 4.37. The Kier molecular flexibility index (Phi) is 2.52. The fourth-order valence-electron chi connectivity index (χ4n) is 2.54. The van der Waals surface area contributed by atoms with Crippen LogP contribution >= 0.6 is 0 Å². The number of nitrogens with two attached hydrogens (primary N) is 1. The van der Waals surface area contributed by atoms with E-state index in [2.05, 4.69) is 17.1 Å². The maximum absolute atomic E-state index is 6.16. The molecule has 1 fully saturated rings. The zero-order valence-corrected chi connectivity index (χ0v) is 11.2. The second-order valence-corrected chi connectivity index (χ2v) is 5.55. The molecule has 100 valence electrons. The summed E-state index contributed by atoms with van der Waals surface area (Å²) in [6.07, 6.45) is 3.78. The van der Waals surface area contributed by atoms with E-state index in [1.165, 1.54) is 18.4 Å². The van der Waals surface area contributed by atoms with E-state index >= 15 is 0 Å². The maximum atomic E-state index is 6.16. The first-order chi connectivity index (χ1) is 9.79. The summed E-state index contributed by atoms with van der Waals surface area (Å²) in [7, 11) is 0. The van der Waals surface area contributed by atoms with E-state index in [1.807, 2.05) is 30.3 Å². The van der Waals surface area contributed by atoms with Crippen molar-refractivity contribution in [1.82, 2.24) is 4.98 Å². The molecular formula is C17H16N2O. The molecular weight excluding hydrogens is 248 g/mol. The Bertz CT molecular complexity index is 739. The molecule has 1 aromatic heterocycles. The standard InChI is InChI=1S/C17H16N2O/c18-14-10-13(8-7-12(14)9-11-5-6-11)17-19-15-3-1-2-4-16(15)20-17/h1-4,7-8,10-11H,5-6,9,18H2. The molecule has 3 nitrogen and oxygen atoms in total. The van der Waals surface area contributed by atoms with Gasteiger partial charge in [0.1, 0.15) is 5.52 Å². The van der Waals surface area contributed by atoms with Crippen LogP contribution in [0.15, 0.2) is 46.9 Å². The summed E-state index contributed by atoms with van der Waals surface area (Å²) in [6, 6.07) is 13.9. The molecule has 0 unspecified atom stereocenters. The van der Waals surface area contributed by atoms with E-state index < -0.39 is 0 Å². The Morgan fingerprint density at radius 1 is 1.15 bits per heavy atom. The number of oxazole rings is 1. The lowest BCUT2D eigenvalue weighted by Crippen LogP contribution is -1.96. The van der Waals surface area contributed by atoms with Gasteiger partial charge in [0.15, 0.2) is 5.58 Å². The van der Waals surface area contributed by atoms with Crippen LogP contribution in [0.4, 0.5) is 5.69 Å². The molecule has 0 amide bonds. The van der Waals surface area contributed by atoms with Gasteiger partial charge in [-0.15, -0.1) is 0 Å². The van der Waals surface area contributed by atoms with Crippen LogP contribution in [-0.4, -0.2) is 4.98 Å². The predicted octanol–water partition coefficient (Wildman–Crippen LogP) is 4.03. The molecule has 0 spiro atoms. The van der Waals surface area contributed by atoms with Crippen molar-refractivity contribution < 1.29 is 4.42 Å². The summed E-state index contributed by atoms with van der Waals surface area (Å²) in [4.78, 5) is 4.50. The number of para-hydroxylation sites is 2. The molecule has 0 atom stereocenters. The van der Waals surface area contributed by atoms with Gasteiger partial charge in [-0.1, -0.05) is 18.2 Å². The van der Waals surface area contributed by atoms with Crippen LogP contribution < -0.4 is 5.73 Å². The quantitative estimate of drug-likeness (QED) is 0.727. The van der Waals surface area contributed by atoms with Crippen molar-refractivity contribution in [2.75, 3.05) is 5.73 Å². The van der Waals surface area contributed by atoms with Gasteiger partial charge >= 0.3 is 0 Å². The van der Waals surface area contributed by atoms with E-state index in [4.69, 9.17) is 10.2 Å². The predicted molar refractivity (Wildman–Crippen MR) is 80.3 cm³/mol. The SMILES string of the molecule is Nc1cc(-c2nc3ccccc3o2)ccc1CC1CC1. The summed E-state index contributed by atoms with van der Waals surface area (Å²) >= 11 is 0. The van der Waals surface area contributed by atoms with Crippen molar-refractivity contribution in [1.29, 1.82) is 0 Å². The highest BCUT2D eigenvalue weighted by atomic mass is 16.3. The summed E-state index contributed by atoms with van der Waals surface area (Å²) in [5, 5.41) is 0. The number of anilines is 1. The minimum atomic E-state index is 0.635. The average Bonchev–Trinajstić information content (AvgIpc) is 3.16. The first kappa shape index (κ1) is 11.5. The summed E-state index contributed by atoms with van der Waals surface area (Å²) in [5.41, 5.74) is 10.9. The lowest BCUT2D eigenvalue weighted by Gasteiger charge is -2.05. The largest absolute Gasteiger partial charge is 0.436 e. The molecule has 20 heavy (non-hydrogen) atoms. The highest BCUT2D eigenvalue weighted by Crippen LogP contribution is 2.35. The van der Waals surface area contributed by atoms with Crippen LogP contribution in [0.3, 0.4) is 0 Å². The van der Waals surface area contributed by atoms with Gasteiger partial charge in [0.2, 0.25) is 5.89 Å². The number of aromatic nitrogens is 1. The minimum Gasteiger partial charge on any atom is -0.436 e. The van der Waals surface area contributed by atoms with Crippen molar-refractivity contribution in [2.24, 2.45) is 5.92 Å². The van der Waals surface area contributed by atoms with Crippen LogP contribution in [0.1, 0.15) is 18.4 Å². The molecule has 0 aliphatic heterocycles. The van der Waals surface area contributed by atoms with Crippen LogP contribution in [0.5, 0.6) is 0 Å². The Balaban J connectivity index is 1.71. The van der Waals surface area contributed by atoms with E-state index in [-0.39, 0.29) is 0 Å². The van der Waals surface area contributed by atoms with Crippen LogP contribution in [-0.2, 0) is 6.42 Å². The summed E-state index contributed by atoms with van der Waals surface area (Å²) in [5.74, 6) is 1.48. The Labute approximate surface area is 117 Å². The summed E-state index contributed by atoms with van der Waals surface area (Å²) in [6.45, 7) is 0. The molecule has 3 aromatic rings. The maximum Gasteiger partial charge on any atom is 0.227 e. The van der Waals surface area contributed by atoms with Crippen molar-refractivity contribution in [3.8, 4) is 11.5 Å². The van der Waals surface area contributed by atoms with Gasteiger partial charge in [-0.3, -0.25) is 0 Å². The third-order valence-electron chi connectivity index (χ3n) is 3.89. The Morgan fingerprint density at radius 2 is 2.00 bits per heavy atom. The monoisotopic (exact) mass is 264 g/mol. The molecule has 0 bridgehead atoms. The lowest BCUT2D eigenvalue weighted by molar-refractivity contribution is 0.620. The van der Waals surface area contributed by atoms with Crippen LogP contribution in [0.2, 0.25) is 0 Å². The fourth-order valence-corrected chi connectivity index (χ4v) is 2.54. The van der Waals surface area contributed by atoms with E-state index in [9.17, 15) is 0 Å². The number of hydrogen-bond acceptors (Lipinski definition) is 3. The first-order valence-corrected chi connectivity index (χ1v) is 7.04. The lowest BCUT2D eigenvalue weighted by atomic mass is 10.0. The van der Waals surface area contributed by atoms with Gasteiger partial charge in [0.05, 0.1) is 0 Å². The molecule has 0 saturated heterocycles. The van der Waals surface area contributed by atoms with Gasteiger partial charge < -0.3 is 10.2 Å². The Hall–Kier alpha value is -2.29. The van der Waals surface area contributed by atoms with Crippen molar-refractivity contribution in [3.05, 3.63) is 48.0 Å². The Morgan fingerprint density at radius 3 is 2.75 bits per heavy atom. The molecule has 0 radical (unpaired) electrons. The number of fused-ring (bicyclic) bond motifs is 1. The highest BCUT2D eigenvalue weighted by molar-refractivity contribution is 5.76. The fraction of sp³-hybridized carbons (Fsp3) is 0.235. The topological polar surface area (TPSA) is 52.0 Å². The smallest absolute Gasteiger partial charge is 0.227 e. The molecule has 3 heteroatoms. The van der Waals surface area contributed by atoms with Crippen LogP contribution in [0.25, 0.3) is 22.6 Å². The molecule has 1 aliphatic rings.